The summed E-state index contributed by atoms with van der Waals surface area (Å²) in [7, 11) is 1.67. The summed E-state index contributed by atoms with van der Waals surface area (Å²) in [5.74, 6) is 0.639. The van der Waals surface area contributed by atoms with Crippen molar-refractivity contribution in [1.82, 2.24) is 9.55 Å². The fourth-order valence-corrected chi connectivity index (χ4v) is 3.21. The topological polar surface area (TPSA) is 36.3 Å². The second-order valence-corrected chi connectivity index (χ2v) is 6.31. The molecule has 1 aliphatic rings. The van der Waals surface area contributed by atoms with E-state index in [9.17, 15) is 4.39 Å². The second kappa shape index (κ2) is 5.83. The van der Waals surface area contributed by atoms with Gasteiger partial charge in [0.15, 0.2) is 0 Å². The van der Waals surface area contributed by atoms with Crippen LogP contribution in [0, 0.1) is 5.82 Å². The Morgan fingerprint density at radius 2 is 2.38 bits per heavy atom. The van der Waals surface area contributed by atoms with Crippen LogP contribution >= 0.6 is 27.5 Å². The van der Waals surface area contributed by atoms with E-state index >= 15 is 0 Å². The molecule has 0 amide bonds. The molecule has 1 aromatic carbocycles. The van der Waals surface area contributed by atoms with Crippen LogP contribution in [-0.4, -0.2) is 35.5 Å². The molecule has 1 fully saturated rings. The molecule has 2 heterocycles. The third kappa shape index (κ3) is 2.70. The molecule has 1 saturated heterocycles. The largest absolute Gasteiger partial charge is 0.378 e. The summed E-state index contributed by atoms with van der Waals surface area (Å²) in [4.78, 5) is 4.48. The molecule has 1 unspecified atom stereocenters. The van der Waals surface area contributed by atoms with Crippen molar-refractivity contribution < 1.29 is 13.9 Å². The SMILES string of the molecule is COC1(Cn2c(CCl)nc3cc(Br)c(F)cc32)CCOC1. The standard InChI is InChI=1S/C14H15BrClFN2O2/c1-20-14(2-3-21-8-14)7-19-12-5-10(17)9(15)4-11(12)18-13(19)6-16/h4-5H,2-3,6-8H2,1H3. The molecule has 0 aliphatic carbocycles. The maximum absolute atomic E-state index is 13.9. The van der Waals surface area contributed by atoms with Crippen LogP contribution in [0.5, 0.6) is 0 Å². The molecular formula is C14H15BrClFN2O2. The van der Waals surface area contributed by atoms with Crippen LogP contribution in [-0.2, 0) is 21.9 Å². The lowest BCUT2D eigenvalue weighted by Gasteiger charge is -2.27. The van der Waals surface area contributed by atoms with Gasteiger partial charge in [-0.3, -0.25) is 0 Å². The van der Waals surface area contributed by atoms with E-state index in [4.69, 9.17) is 21.1 Å². The van der Waals surface area contributed by atoms with Gasteiger partial charge in [-0.1, -0.05) is 0 Å². The molecule has 114 valence electrons. The van der Waals surface area contributed by atoms with Crippen molar-refractivity contribution in [3.8, 4) is 0 Å². The van der Waals surface area contributed by atoms with E-state index in [1.807, 2.05) is 4.57 Å². The van der Waals surface area contributed by atoms with Crippen molar-refractivity contribution in [2.45, 2.75) is 24.4 Å². The van der Waals surface area contributed by atoms with Gasteiger partial charge in [0.2, 0.25) is 0 Å². The quantitative estimate of drug-likeness (QED) is 0.765. The Balaban J connectivity index is 2.09. The number of imidazole rings is 1. The van der Waals surface area contributed by atoms with Crippen LogP contribution < -0.4 is 0 Å². The van der Waals surface area contributed by atoms with Gasteiger partial charge in [0.05, 0.1) is 34.5 Å². The van der Waals surface area contributed by atoms with Crippen LogP contribution in [0.15, 0.2) is 16.6 Å². The Morgan fingerprint density at radius 3 is 3.00 bits per heavy atom. The maximum Gasteiger partial charge on any atom is 0.139 e. The third-order valence-corrected chi connectivity index (χ3v) is 4.78. The minimum Gasteiger partial charge on any atom is -0.378 e. The molecule has 0 bridgehead atoms. The van der Waals surface area contributed by atoms with Crippen LogP contribution in [0.4, 0.5) is 4.39 Å². The van der Waals surface area contributed by atoms with Gasteiger partial charge in [0.1, 0.15) is 17.2 Å². The summed E-state index contributed by atoms with van der Waals surface area (Å²) in [6.07, 6.45) is 0.796. The number of nitrogens with zero attached hydrogens (tertiary/aromatic N) is 2. The van der Waals surface area contributed by atoms with Crippen molar-refractivity contribution in [1.29, 1.82) is 0 Å². The number of rotatable bonds is 4. The maximum atomic E-state index is 13.9. The number of fused-ring (bicyclic) bond motifs is 1. The highest BCUT2D eigenvalue weighted by atomic mass is 79.9. The van der Waals surface area contributed by atoms with Crippen molar-refractivity contribution in [3.05, 3.63) is 28.2 Å². The first-order valence-corrected chi connectivity index (χ1v) is 7.94. The zero-order valence-electron chi connectivity index (χ0n) is 11.5. The second-order valence-electron chi connectivity index (χ2n) is 5.19. The molecule has 7 heteroatoms. The van der Waals surface area contributed by atoms with Crippen LogP contribution in [0.3, 0.4) is 0 Å². The monoisotopic (exact) mass is 376 g/mol. The number of ether oxygens (including phenoxy) is 2. The molecular weight excluding hydrogens is 363 g/mol. The number of hydrogen-bond acceptors (Lipinski definition) is 3. The lowest BCUT2D eigenvalue weighted by molar-refractivity contribution is -0.0291. The van der Waals surface area contributed by atoms with Gasteiger partial charge in [0.25, 0.3) is 0 Å². The number of alkyl halides is 1. The first kappa shape index (κ1) is 15.2. The number of benzene rings is 1. The van der Waals surface area contributed by atoms with Crippen molar-refractivity contribution >= 4 is 38.6 Å². The van der Waals surface area contributed by atoms with Crippen molar-refractivity contribution in [2.75, 3.05) is 20.3 Å². The molecule has 21 heavy (non-hydrogen) atoms. The Labute approximate surface area is 135 Å². The molecule has 1 aromatic heterocycles. The van der Waals surface area contributed by atoms with Gasteiger partial charge < -0.3 is 14.0 Å². The molecule has 1 aliphatic heterocycles. The van der Waals surface area contributed by atoms with E-state index in [0.29, 0.717) is 35.6 Å². The Hall–Kier alpha value is -0.690. The Morgan fingerprint density at radius 1 is 1.57 bits per heavy atom. The third-order valence-electron chi connectivity index (χ3n) is 3.94. The fraction of sp³-hybridized carbons (Fsp3) is 0.500. The summed E-state index contributed by atoms with van der Waals surface area (Å²) in [6.45, 7) is 1.73. The van der Waals surface area contributed by atoms with Crippen molar-refractivity contribution in [3.63, 3.8) is 0 Å². The van der Waals surface area contributed by atoms with Crippen LogP contribution in [0.1, 0.15) is 12.2 Å². The van der Waals surface area contributed by atoms with Gasteiger partial charge >= 0.3 is 0 Å². The van der Waals surface area contributed by atoms with Crippen LogP contribution in [0.25, 0.3) is 11.0 Å². The van der Waals surface area contributed by atoms with Gasteiger partial charge in [-0.25, -0.2) is 9.37 Å². The smallest absolute Gasteiger partial charge is 0.139 e. The Bertz CT molecular complexity index is 671. The minimum absolute atomic E-state index is 0.259. The van der Waals surface area contributed by atoms with E-state index in [1.54, 1.807) is 13.2 Å². The summed E-state index contributed by atoms with van der Waals surface area (Å²) in [5, 5.41) is 0. The first-order chi connectivity index (χ1) is 10.1. The highest BCUT2D eigenvalue weighted by Crippen LogP contribution is 2.30. The summed E-state index contributed by atoms with van der Waals surface area (Å²) in [5.41, 5.74) is 1.02. The lowest BCUT2D eigenvalue weighted by Crippen LogP contribution is -2.37. The molecule has 2 aromatic rings. The molecule has 0 N–H and O–H groups in total. The number of methoxy groups -OCH3 is 1. The zero-order valence-corrected chi connectivity index (χ0v) is 13.9. The highest BCUT2D eigenvalue weighted by molar-refractivity contribution is 9.10. The molecule has 1 atom stereocenters. The predicted molar refractivity (Wildman–Crippen MR) is 82.1 cm³/mol. The molecule has 0 saturated carbocycles. The van der Waals surface area contributed by atoms with E-state index in [-0.39, 0.29) is 11.7 Å². The van der Waals surface area contributed by atoms with E-state index in [2.05, 4.69) is 20.9 Å². The zero-order chi connectivity index (χ0) is 15.0. The molecule has 0 radical (unpaired) electrons. The van der Waals surface area contributed by atoms with E-state index < -0.39 is 5.60 Å². The van der Waals surface area contributed by atoms with E-state index in [0.717, 1.165) is 11.9 Å². The van der Waals surface area contributed by atoms with Gasteiger partial charge in [-0.2, -0.15) is 0 Å². The molecule has 0 spiro atoms. The molecule has 3 rings (SSSR count). The summed E-state index contributed by atoms with van der Waals surface area (Å²) in [6, 6.07) is 3.14. The predicted octanol–water partition coefficient (Wildman–Crippen LogP) is 3.48. The minimum atomic E-state index is -0.405. The highest BCUT2D eigenvalue weighted by Gasteiger charge is 2.36. The number of hydrogen-bond donors (Lipinski definition) is 0. The number of halogens is 3. The summed E-state index contributed by atoms with van der Waals surface area (Å²) < 4.78 is 27.3. The average molecular weight is 378 g/mol. The molecule has 4 nitrogen and oxygen atoms in total. The fourth-order valence-electron chi connectivity index (χ4n) is 2.68. The first-order valence-electron chi connectivity index (χ1n) is 6.61. The number of aromatic nitrogens is 2. The van der Waals surface area contributed by atoms with Crippen molar-refractivity contribution in [2.24, 2.45) is 0 Å². The van der Waals surface area contributed by atoms with Gasteiger partial charge in [-0.15, -0.1) is 11.6 Å². The Kier molecular flexibility index (Phi) is 4.23. The van der Waals surface area contributed by atoms with Crippen LogP contribution in [0.2, 0.25) is 0 Å². The summed E-state index contributed by atoms with van der Waals surface area (Å²) >= 11 is 9.18. The normalized spacial score (nSPS) is 22.3. The van der Waals surface area contributed by atoms with Gasteiger partial charge in [-0.05, 0) is 22.0 Å². The average Bonchev–Trinajstić information content (AvgIpc) is 3.07. The van der Waals surface area contributed by atoms with E-state index in [1.165, 1.54) is 6.07 Å². The lowest BCUT2D eigenvalue weighted by atomic mass is 10.0. The van der Waals surface area contributed by atoms with Gasteiger partial charge in [0, 0.05) is 26.2 Å².